The fourth-order valence-corrected chi connectivity index (χ4v) is 2.00. The molecule has 2 N–H and O–H groups in total. The molecule has 1 aromatic heterocycles. The maximum atomic E-state index is 11.9. The highest BCUT2D eigenvalue weighted by molar-refractivity contribution is 6.32. The fraction of sp³-hybridized carbons (Fsp3) is 0.214. The van der Waals surface area contributed by atoms with Crippen molar-refractivity contribution in [1.29, 1.82) is 5.26 Å². The zero-order valence-electron chi connectivity index (χ0n) is 11.1. The molecule has 0 bridgehead atoms. The van der Waals surface area contributed by atoms with Crippen molar-refractivity contribution in [3.05, 3.63) is 57.0 Å². The summed E-state index contributed by atoms with van der Waals surface area (Å²) >= 11 is 5.99. The van der Waals surface area contributed by atoms with Gasteiger partial charge in [0.1, 0.15) is 5.02 Å². The zero-order valence-corrected chi connectivity index (χ0v) is 11.8. The van der Waals surface area contributed by atoms with E-state index in [0.717, 1.165) is 10.2 Å². The lowest BCUT2D eigenvalue weighted by Gasteiger charge is -2.10. The molecular weight excluding hydrogens is 292 g/mol. The maximum Gasteiger partial charge on any atom is 0.287 e. The van der Waals surface area contributed by atoms with Gasteiger partial charge in [-0.05, 0) is 17.7 Å². The third-order valence-corrected chi connectivity index (χ3v) is 3.20. The van der Waals surface area contributed by atoms with Crippen molar-refractivity contribution in [3.63, 3.8) is 0 Å². The van der Waals surface area contributed by atoms with E-state index in [1.165, 1.54) is 6.20 Å². The number of aliphatic hydroxyl groups excluding tert-OH is 1. The lowest BCUT2D eigenvalue weighted by molar-refractivity contribution is 0.266. The first kappa shape index (κ1) is 15.0. The molecule has 2 rings (SSSR count). The van der Waals surface area contributed by atoms with Crippen molar-refractivity contribution in [2.75, 3.05) is 11.9 Å². The molecular formula is C14H13ClN4O2. The number of nitriles is 1. The highest BCUT2D eigenvalue weighted by Crippen LogP contribution is 2.16. The van der Waals surface area contributed by atoms with Crippen LogP contribution in [0, 0.1) is 11.3 Å². The number of hydrogen-bond donors (Lipinski definition) is 2. The van der Waals surface area contributed by atoms with Gasteiger partial charge in [-0.3, -0.25) is 4.79 Å². The van der Waals surface area contributed by atoms with Crippen LogP contribution >= 0.6 is 11.6 Å². The molecule has 0 spiro atoms. The summed E-state index contributed by atoms with van der Waals surface area (Å²) in [6, 6.07) is 9.18. The first-order valence-corrected chi connectivity index (χ1v) is 6.63. The Hall–Kier alpha value is -2.36. The van der Waals surface area contributed by atoms with Gasteiger partial charge in [0, 0.05) is 6.54 Å². The van der Waals surface area contributed by atoms with Gasteiger partial charge in [0.25, 0.3) is 5.56 Å². The number of halogens is 1. The van der Waals surface area contributed by atoms with E-state index < -0.39 is 5.56 Å². The summed E-state index contributed by atoms with van der Waals surface area (Å²) in [7, 11) is 0. The van der Waals surface area contributed by atoms with Crippen LogP contribution < -0.4 is 10.9 Å². The summed E-state index contributed by atoms with van der Waals surface area (Å²) in [6.45, 7) is 0.334. The predicted octanol–water partition coefficient (Wildman–Crippen LogP) is 1.37. The molecule has 0 aliphatic heterocycles. The van der Waals surface area contributed by atoms with Crippen molar-refractivity contribution < 1.29 is 5.11 Å². The van der Waals surface area contributed by atoms with E-state index in [2.05, 4.69) is 16.5 Å². The van der Waals surface area contributed by atoms with Crippen molar-refractivity contribution in [2.24, 2.45) is 0 Å². The van der Waals surface area contributed by atoms with E-state index in [4.69, 9.17) is 22.0 Å². The van der Waals surface area contributed by atoms with Crippen LogP contribution in [0.3, 0.4) is 0 Å². The number of aliphatic hydroxyl groups is 1. The van der Waals surface area contributed by atoms with E-state index in [1.54, 1.807) is 18.2 Å². The minimum atomic E-state index is -0.457. The van der Waals surface area contributed by atoms with E-state index in [-0.39, 0.29) is 18.2 Å². The predicted molar refractivity (Wildman–Crippen MR) is 79.1 cm³/mol. The molecule has 0 saturated carbocycles. The number of anilines is 1. The van der Waals surface area contributed by atoms with Crippen molar-refractivity contribution in [1.82, 2.24) is 9.78 Å². The summed E-state index contributed by atoms with van der Waals surface area (Å²) in [5.41, 5.74) is 1.42. The van der Waals surface area contributed by atoms with E-state index in [1.807, 2.05) is 6.07 Å². The standard InChI is InChI=1S/C14H13ClN4O2/c15-13-12(9-18-19(4-5-20)14(13)21)17-8-11-3-1-2-10(6-11)7-16/h1-3,6,9,17,20H,4-5,8H2. The molecule has 7 heteroatoms. The van der Waals surface area contributed by atoms with Gasteiger partial charge in [-0.1, -0.05) is 23.7 Å². The Morgan fingerprint density at radius 1 is 1.48 bits per heavy atom. The van der Waals surface area contributed by atoms with Crippen LogP contribution in [-0.2, 0) is 13.1 Å². The highest BCUT2D eigenvalue weighted by atomic mass is 35.5. The first-order chi connectivity index (χ1) is 10.2. The van der Waals surface area contributed by atoms with Gasteiger partial charge in [-0.2, -0.15) is 10.4 Å². The number of hydrogen-bond acceptors (Lipinski definition) is 5. The third-order valence-electron chi connectivity index (χ3n) is 2.84. The molecule has 0 aliphatic rings. The van der Waals surface area contributed by atoms with Crippen LogP contribution in [-0.4, -0.2) is 21.5 Å². The number of nitrogens with zero attached hydrogens (tertiary/aromatic N) is 3. The number of nitrogens with one attached hydrogen (secondary N) is 1. The van der Waals surface area contributed by atoms with Gasteiger partial charge in [-0.25, -0.2) is 4.68 Å². The summed E-state index contributed by atoms with van der Waals surface area (Å²) < 4.78 is 1.10. The lowest BCUT2D eigenvalue weighted by Crippen LogP contribution is -2.25. The Labute approximate surface area is 126 Å². The lowest BCUT2D eigenvalue weighted by atomic mass is 10.1. The molecule has 6 nitrogen and oxygen atoms in total. The zero-order chi connectivity index (χ0) is 15.2. The molecule has 1 heterocycles. The smallest absolute Gasteiger partial charge is 0.287 e. The number of aromatic nitrogens is 2. The Kier molecular flexibility index (Phi) is 4.93. The molecule has 0 saturated heterocycles. The Bertz CT molecular complexity index is 736. The second-order valence-corrected chi connectivity index (χ2v) is 4.67. The minimum Gasteiger partial charge on any atom is -0.394 e. The Morgan fingerprint density at radius 2 is 2.29 bits per heavy atom. The molecule has 108 valence electrons. The second kappa shape index (κ2) is 6.88. The summed E-state index contributed by atoms with van der Waals surface area (Å²) in [5.74, 6) is 0. The normalized spacial score (nSPS) is 10.1. The molecule has 0 unspecified atom stereocenters. The fourth-order valence-electron chi connectivity index (χ4n) is 1.79. The molecule has 0 amide bonds. The molecule has 0 radical (unpaired) electrons. The van der Waals surface area contributed by atoms with Crippen molar-refractivity contribution >= 4 is 17.3 Å². The molecule has 1 aromatic carbocycles. The highest BCUT2D eigenvalue weighted by Gasteiger charge is 2.08. The van der Waals surface area contributed by atoms with Gasteiger partial charge in [0.05, 0.1) is 36.7 Å². The molecule has 0 atom stereocenters. The van der Waals surface area contributed by atoms with Crippen LogP contribution in [0.25, 0.3) is 0 Å². The van der Waals surface area contributed by atoms with Gasteiger partial charge in [-0.15, -0.1) is 0 Å². The monoisotopic (exact) mass is 304 g/mol. The number of rotatable bonds is 5. The molecule has 0 aliphatic carbocycles. The van der Waals surface area contributed by atoms with Crippen LogP contribution in [0.2, 0.25) is 5.02 Å². The van der Waals surface area contributed by atoms with Gasteiger partial charge in [0.15, 0.2) is 0 Å². The van der Waals surface area contributed by atoms with E-state index in [0.29, 0.717) is 17.8 Å². The van der Waals surface area contributed by atoms with E-state index in [9.17, 15) is 4.79 Å². The summed E-state index contributed by atoms with van der Waals surface area (Å²) in [6.07, 6.45) is 1.44. The maximum absolute atomic E-state index is 11.9. The number of benzene rings is 1. The van der Waals surface area contributed by atoms with Crippen molar-refractivity contribution in [3.8, 4) is 6.07 Å². The quantitative estimate of drug-likeness (QED) is 0.870. The SMILES string of the molecule is N#Cc1cccc(CNc2cnn(CCO)c(=O)c2Cl)c1. The van der Waals surface area contributed by atoms with Gasteiger partial charge < -0.3 is 10.4 Å². The van der Waals surface area contributed by atoms with Crippen LogP contribution in [0.4, 0.5) is 5.69 Å². The van der Waals surface area contributed by atoms with Gasteiger partial charge >= 0.3 is 0 Å². The minimum absolute atomic E-state index is 0.0230. The van der Waals surface area contributed by atoms with Gasteiger partial charge in [0.2, 0.25) is 0 Å². The van der Waals surface area contributed by atoms with E-state index >= 15 is 0 Å². The third kappa shape index (κ3) is 3.60. The molecule has 0 fully saturated rings. The second-order valence-electron chi connectivity index (χ2n) is 4.29. The van der Waals surface area contributed by atoms with Crippen LogP contribution in [0.5, 0.6) is 0 Å². The molecule has 2 aromatic rings. The summed E-state index contributed by atoms with van der Waals surface area (Å²) in [5, 5.41) is 24.6. The van der Waals surface area contributed by atoms with Crippen LogP contribution in [0.15, 0.2) is 35.3 Å². The Morgan fingerprint density at radius 3 is 3.00 bits per heavy atom. The first-order valence-electron chi connectivity index (χ1n) is 6.25. The average molecular weight is 305 g/mol. The average Bonchev–Trinajstić information content (AvgIpc) is 2.51. The Balaban J connectivity index is 2.15. The van der Waals surface area contributed by atoms with Crippen molar-refractivity contribution in [2.45, 2.75) is 13.1 Å². The molecule has 21 heavy (non-hydrogen) atoms. The topological polar surface area (TPSA) is 90.9 Å². The largest absolute Gasteiger partial charge is 0.394 e. The van der Waals surface area contributed by atoms with Crippen LogP contribution in [0.1, 0.15) is 11.1 Å². The summed E-state index contributed by atoms with van der Waals surface area (Å²) in [4.78, 5) is 11.9.